The van der Waals surface area contributed by atoms with E-state index in [1.807, 2.05) is 6.92 Å². The molecule has 1 aliphatic rings. The highest BCUT2D eigenvalue weighted by Gasteiger charge is 2.42. The van der Waals surface area contributed by atoms with E-state index in [9.17, 15) is 24.5 Å². The van der Waals surface area contributed by atoms with Gasteiger partial charge in [-0.3, -0.25) is 29.8 Å². The molecule has 2 N–H and O–H groups in total. The van der Waals surface area contributed by atoms with Gasteiger partial charge in [0, 0.05) is 29.8 Å². The summed E-state index contributed by atoms with van der Waals surface area (Å²) in [6.45, 7) is 1.90. The number of rotatable bonds is 5. The van der Waals surface area contributed by atoms with Gasteiger partial charge in [-0.15, -0.1) is 0 Å². The lowest BCUT2D eigenvalue weighted by atomic mass is 9.72. The van der Waals surface area contributed by atoms with Crippen LogP contribution in [0.3, 0.4) is 0 Å². The van der Waals surface area contributed by atoms with E-state index in [1.54, 1.807) is 24.3 Å². The van der Waals surface area contributed by atoms with E-state index in [-0.39, 0.29) is 29.5 Å². The molecule has 1 saturated heterocycles. The second-order valence-corrected chi connectivity index (χ2v) is 6.65. The minimum Gasteiger partial charge on any atom is -0.322 e. The van der Waals surface area contributed by atoms with Crippen molar-refractivity contribution >= 4 is 29.1 Å². The topological polar surface area (TPSA) is 118 Å². The van der Waals surface area contributed by atoms with Gasteiger partial charge in [0.2, 0.25) is 11.8 Å². The first-order chi connectivity index (χ1) is 13.4. The number of anilines is 1. The van der Waals surface area contributed by atoms with Crippen molar-refractivity contribution in [3.05, 3.63) is 69.8 Å². The molecule has 0 bridgehead atoms. The number of imide groups is 1. The van der Waals surface area contributed by atoms with Gasteiger partial charge in [0.15, 0.2) is 0 Å². The Bertz CT molecular complexity index is 955. The molecule has 1 aliphatic heterocycles. The Kier molecular flexibility index (Phi) is 5.21. The Labute approximate surface area is 161 Å². The first-order valence-electron chi connectivity index (χ1n) is 8.86. The van der Waals surface area contributed by atoms with Gasteiger partial charge in [-0.05, 0) is 36.6 Å². The number of nitrogens with one attached hydrogen (secondary N) is 2. The zero-order valence-corrected chi connectivity index (χ0v) is 15.2. The molecule has 8 heteroatoms. The molecule has 1 heterocycles. The second-order valence-electron chi connectivity index (χ2n) is 6.65. The third-order valence-corrected chi connectivity index (χ3v) is 5.08. The largest absolute Gasteiger partial charge is 0.322 e. The molecule has 144 valence electrons. The highest BCUT2D eigenvalue weighted by Crippen LogP contribution is 2.36. The zero-order valence-electron chi connectivity index (χ0n) is 15.2. The van der Waals surface area contributed by atoms with Crippen LogP contribution in [0.5, 0.6) is 0 Å². The quantitative estimate of drug-likeness (QED) is 0.469. The zero-order chi connectivity index (χ0) is 20.3. The molecular formula is C20H19N3O5. The van der Waals surface area contributed by atoms with Crippen molar-refractivity contribution in [2.75, 3.05) is 5.32 Å². The number of carbonyl (C=O) groups excluding carboxylic acids is 3. The van der Waals surface area contributed by atoms with Crippen molar-refractivity contribution in [3.63, 3.8) is 0 Å². The van der Waals surface area contributed by atoms with E-state index < -0.39 is 16.2 Å². The molecule has 1 atom stereocenters. The van der Waals surface area contributed by atoms with Gasteiger partial charge in [0.05, 0.1) is 10.3 Å². The van der Waals surface area contributed by atoms with Crippen LogP contribution in [0.25, 0.3) is 0 Å². The maximum atomic E-state index is 12.4. The molecule has 0 saturated carbocycles. The molecule has 0 spiro atoms. The van der Waals surface area contributed by atoms with Gasteiger partial charge >= 0.3 is 0 Å². The number of nitro groups is 1. The number of piperidine rings is 1. The Morgan fingerprint density at radius 3 is 2.54 bits per heavy atom. The third kappa shape index (κ3) is 3.62. The Morgan fingerprint density at radius 2 is 1.93 bits per heavy atom. The lowest BCUT2D eigenvalue weighted by Crippen LogP contribution is -2.51. The molecule has 2 aromatic rings. The predicted octanol–water partition coefficient (Wildman–Crippen LogP) is 2.93. The fourth-order valence-corrected chi connectivity index (χ4v) is 3.40. The van der Waals surface area contributed by atoms with E-state index in [2.05, 4.69) is 10.6 Å². The lowest BCUT2D eigenvalue weighted by molar-refractivity contribution is -0.384. The number of nitro benzene ring substituents is 1. The van der Waals surface area contributed by atoms with E-state index >= 15 is 0 Å². The Morgan fingerprint density at radius 1 is 1.21 bits per heavy atom. The summed E-state index contributed by atoms with van der Waals surface area (Å²) in [5.74, 6) is -1.04. The summed E-state index contributed by atoms with van der Waals surface area (Å²) in [4.78, 5) is 46.5. The van der Waals surface area contributed by atoms with Crippen LogP contribution in [0.15, 0.2) is 48.5 Å². The number of benzene rings is 2. The van der Waals surface area contributed by atoms with Crippen LogP contribution in [-0.4, -0.2) is 22.6 Å². The summed E-state index contributed by atoms with van der Waals surface area (Å²) >= 11 is 0. The summed E-state index contributed by atoms with van der Waals surface area (Å²) in [5, 5.41) is 15.9. The van der Waals surface area contributed by atoms with Crippen molar-refractivity contribution in [2.24, 2.45) is 0 Å². The van der Waals surface area contributed by atoms with Crippen molar-refractivity contribution in [1.29, 1.82) is 0 Å². The molecule has 8 nitrogen and oxygen atoms in total. The average molecular weight is 381 g/mol. The summed E-state index contributed by atoms with van der Waals surface area (Å²) < 4.78 is 0. The second kappa shape index (κ2) is 7.59. The summed E-state index contributed by atoms with van der Waals surface area (Å²) in [5.41, 5.74) is 0.516. The number of amides is 3. The standard InChI is InChI=1S/C20H19N3O5/c1-2-20(11-10-17(24)22-19(20)26)14-6-8-15(9-7-14)21-18(25)13-4-3-5-16(12-13)23(27)28/h3-9,12H,2,10-11H2,1H3,(H,21,25)(H,22,24,26)/t20-/m0/s1. The SMILES string of the molecule is CC[C@@]1(c2ccc(NC(=O)c3cccc([N+](=O)[O-])c3)cc2)CCC(=O)NC1=O. The van der Waals surface area contributed by atoms with E-state index in [0.29, 0.717) is 18.5 Å². The molecule has 2 aromatic carbocycles. The summed E-state index contributed by atoms with van der Waals surface area (Å²) in [6, 6.07) is 12.3. The first kappa shape index (κ1) is 19.2. The highest BCUT2D eigenvalue weighted by atomic mass is 16.6. The number of non-ortho nitro benzene ring substituents is 1. The molecule has 0 radical (unpaired) electrons. The highest BCUT2D eigenvalue weighted by molar-refractivity contribution is 6.05. The van der Waals surface area contributed by atoms with E-state index in [0.717, 1.165) is 5.56 Å². The predicted molar refractivity (Wildman–Crippen MR) is 102 cm³/mol. The van der Waals surface area contributed by atoms with Crippen LogP contribution in [0, 0.1) is 10.1 Å². The van der Waals surface area contributed by atoms with Gasteiger partial charge in [-0.25, -0.2) is 0 Å². The van der Waals surface area contributed by atoms with Crippen LogP contribution >= 0.6 is 0 Å². The molecule has 3 rings (SSSR count). The van der Waals surface area contributed by atoms with Gasteiger partial charge in [-0.1, -0.05) is 25.1 Å². The molecule has 1 fully saturated rings. The monoisotopic (exact) mass is 381 g/mol. The van der Waals surface area contributed by atoms with E-state index in [4.69, 9.17) is 0 Å². The van der Waals surface area contributed by atoms with Crippen LogP contribution in [0.2, 0.25) is 0 Å². The van der Waals surface area contributed by atoms with Crippen molar-refractivity contribution < 1.29 is 19.3 Å². The third-order valence-electron chi connectivity index (χ3n) is 5.08. The maximum absolute atomic E-state index is 12.4. The molecule has 28 heavy (non-hydrogen) atoms. The average Bonchev–Trinajstić information content (AvgIpc) is 2.69. The minimum atomic E-state index is -0.767. The van der Waals surface area contributed by atoms with Crippen molar-refractivity contribution in [3.8, 4) is 0 Å². The van der Waals surface area contributed by atoms with E-state index in [1.165, 1.54) is 24.3 Å². The Balaban J connectivity index is 1.78. The molecule has 0 unspecified atom stereocenters. The fraction of sp³-hybridized carbons (Fsp3) is 0.250. The van der Waals surface area contributed by atoms with Crippen molar-refractivity contribution in [1.82, 2.24) is 5.32 Å². The van der Waals surface area contributed by atoms with Crippen LogP contribution in [0.4, 0.5) is 11.4 Å². The van der Waals surface area contributed by atoms with Crippen LogP contribution in [-0.2, 0) is 15.0 Å². The molecule has 0 aliphatic carbocycles. The van der Waals surface area contributed by atoms with Gasteiger partial charge < -0.3 is 5.32 Å². The van der Waals surface area contributed by atoms with Crippen molar-refractivity contribution in [2.45, 2.75) is 31.6 Å². The number of hydrogen-bond donors (Lipinski definition) is 2. The smallest absolute Gasteiger partial charge is 0.270 e. The molecule has 0 aromatic heterocycles. The lowest BCUT2D eigenvalue weighted by Gasteiger charge is -2.35. The number of hydrogen-bond acceptors (Lipinski definition) is 5. The number of carbonyl (C=O) groups is 3. The fourth-order valence-electron chi connectivity index (χ4n) is 3.40. The molecule has 3 amide bonds. The molecular weight excluding hydrogens is 362 g/mol. The number of nitrogens with zero attached hydrogens (tertiary/aromatic N) is 1. The van der Waals surface area contributed by atoms with Crippen LogP contribution < -0.4 is 10.6 Å². The van der Waals surface area contributed by atoms with Crippen LogP contribution in [0.1, 0.15) is 42.1 Å². The Hall–Kier alpha value is -3.55. The summed E-state index contributed by atoms with van der Waals surface area (Å²) in [6.07, 6.45) is 1.27. The van der Waals surface area contributed by atoms with Gasteiger partial charge in [0.1, 0.15) is 0 Å². The van der Waals surface area contributed by atoms with Gasteiger partial charge in [0.25, 0.3) is 11.6 Å². The normalized spacial score (nSPS) is 19.0. The van der Waals surface area contributed by atoms with Gasteiger partial charge in [-0.2, -0.15) is 0 Å². The maximum Gasteiger partial charge on any atom is 0.270 e. The minimum absolute atomic E-state index is 0.161. The summed E-state index contributed by atoms with van der Waals surface area (Å²) in [7, 11) is 0. The first-order valence-corrected chi connectivity index (χ1v) is 8.86.